The van der Waals surface area contributed by atoms with Crippen molar-refractivity contribution in [1.82, 2.24) is 0 Å². The second kappa shape index (κ2) is 3.59. The lowest BCUT2D eigenvalue weighted by Gasteiger charge is -2.35. The van der Waals surface area contributed by atoms with Gasteiger partial charge in [-0.15, -0.1) is 0 Å². The van der Waals surface area contributed by atoms with Gasteiger partial charge in [-0.05, 0) is 36.8 Å². The molecule has 84 valence electrons. The molecule has 0 radical (unpaired) electrons. The van der Waals surface area contributed by atoms with E-state index in [-0.39, 0.29) is 11.3 Å². The third-order valence-electron chi connectivity index (χ3n) is 4.43. The van der Waals surface area contributed by atoms with Crippen molar-refractivity contribution in [2.45, 2.75) is 31.1 Å². The molecule has 3 rings (SSSR count). The van der Waals surface area contributed by atoms with Crippen LogP contribution in [0.15, 0.2) is 24.3 Å². The van der Waals surface area contributed by atoms with E-state index in [1.54, 1.807) is 0 Å². The summed E-state index contributed by atoms with van der Waals surface area (Å²) < 4.78 is 0. The van der Waals surface area contributed by atoms with Crippen molar-refractivity contribution in [1.29, 1.82) is 0 Å². The molecule has 2 heteroatoms. The molecule has 1 aromatic rings. The van der Waals surface area contributed by atoms with E-state index in [4.69, 9.17) is 11.6 Å². The minimum Gasteiger partial charge on any atom is -0.303 e. The van der Waals surface area contributed by atoms with Crippen molar-refractivity contribution in [2.24, 2.45) is 11.8 Å². The number of carbonyl (C=O) groups is 1. The van der Waals surface area contributed by atoms with Gasteiger partial charge in [0.25, 0.3) is 0 Å². The summed E-state index contributed by atoms with van der Waals surface area (Å²) in [4.78, 5) is 11.1. The maximum atomic E-state index is 11.1. The Hall–Kier alpha value is -0.820. The van der Waals surface area contributed by atoms with Gasteiger partial charge in [-0.1, -0.05) is 36.2 Å². The van der Waals surface area contributed by atoms with Crippen LogP contribution in [0.5, 0.6) is 0 Å². The molecule has 0 N–H and O–H groups in total. The summed E-state index contributed by atoms with van der Waals surface area (Å²) in [6.07, 6.45) is 5.96. The Bertz CT molecular complexity index is 424. The predicted octanol–water partition coefficient (Wildman–Crippen LogP) is 3.60. The molecule has 2 fully saturated rings. The van der Waals surface area contributed by atoms with E-state index in [9.17, 15) is 4.79 Å². The van der Waals surface area contributed by atoms with Crippen LogP contribution in [0.2, 0.25) is 5.02 Å². The minimum atomic E-state index is 0.0956. The van der Waals surface area contributed by atoms with Crippen LogP contribution in [-0.2, 0) is 10.2 Å². The largest absolute Gasteiger partial charge is 0.303 e. The van der Waals surface area contributed by atoms with Gasteiger partial charge >= 0.3 is 0 Å². The molecule has 2 saturated carbocycles. The predicted molar refractivity (Wildman–Crippen MR) is 64.6 cm³/mol. The summed E-state index contributed by atoms with van der Waals surface area (Å²) in [6.45, 7) is 0. The van der Waals surface area contributed by atoms with Crippen molar-refractivity contribution in [3.8, 4) is 0 Å². The normalized spacial score (nSPS) is 33.2. The standard InChI is InChI=1S/C14H15ClO/c15-13-7-2-1-6-12(13)14(8-11(14)9-16)10-4-3-5-10/h1-2,6-7,9-11H,3-5,8H2. The zero-order valence-corrected chi connectivity index (χ0v) is 9.91. The highest BCUT2D eigenvalue weighted by molar-refractivity contribution is 6.31. The molecule has 2 aliphatic carbocycles. The first-order valence-corrected chi connectivity index (χ1v) is 6.37. The SMILES string of the molecule is O=CC1CC1(c1ccccc1Cl)C1CCC1. The Morgan fingerprint density at radius 1 is 1.31 bits per heavy atom. The fourth-order valence-electron chi connectivity index (χ4n) is 3.24. The summed E-state index contributed by atoms with van der Waals surface area (Å²) in [5.41, 5.74) is 1.30. The van der Waals surface area contributed by atoms with Crippen LogP contribution >= 0.6 is 11.6 Å². The van der Waals surface area contributed by atoms with E-state index in [0.29, 0.717) is 5.92 Å². The molecule has 16 heavy (non-hydrogen) atoms. The minimum absolute atomic E-state index is 0.0956. The van der Waals surface area contributed by atoms with Gasteiger partial charge in [0.05, 0.1) is 0 Å². The van der Waals surface area contributed by atoms with E-state index < -0.39 is 0 Å². The van der Waals surface area contributed by atoms with Crippen LogP contribution in [0.1, 0.15) is 31.2 Å². The van der Waals surface area contributed by atoms with Crippen LogP contribution in [0.25, 0.3) is 0 Å². The lowest BCUT2D eigenvalue weighted by atomic mass is 9.69. The highest BCUT2D eigenvalue weighted by atomic mass is 35.5. The molecule has 0 aromatic heterocycles. The van der Waals surface area contributed by atoms with Gasteiger partial charge in [0, 0.05) is 16.4 Å². The maximum absolute atomic E-state index is 11.1. The van der Waals surface area contributed by atoms with E-state index in [0.717, 1.165) is 17.7 Å². The van der Waals surface area contributed by atoms with Crippen LogP contribution in [0.4, 0.5) is 0 Å². The Morgan fingerprint density at radius 2 is 2.06 bits per heavy atom. The van der Waals surface area contributed by atoms with Gasteiger partial charge in [0.1, 0.15) is 6.29 Å². The van der Waals surface area contributed by atoms with Gasteiger partial charge in [0.2, 0.25) is 0 Å². The molecule has 0 spiro atoms. The highest BCUT2D eigenvalue weighted by Crippen LogP contribution is 2.64. The summed E-state index contributed by atoms with van der Waals surface area (Å²) >= 11 is 6.28. The monoisotopic (exact) mass is 234 g/mol. The van der Waals surface area contributed by atoms with E-state index >= 15 is 0 Å². The fourth-order valence-corrected chi connectivity index (χ4v) is 3.55. The van der Waals surface area contributed by atoms with E-state index in [1.165, 1.54) is 24.8 Å². The molecule has 0 bridgehead atoms. The van der Waals surface area contributed by atoms with E-state index in [1.807, 2.05) is 18.2 Å². The van der Waals surface area contributed by atoms with E-state index in [2.05, 4.69) is 6.07 Å². The molecule has 0 heterocycles. The first kappa shape index (κ1) is 10.3. The lowest BCUT2D eigenvalue weighted by Crippen LogP contribution is -2.29. The number of carbonyl (C=O) groups excluding carboxylic acids is 1. The molecule has 2 atom stereocenters. The molecule has 0 aliphatic heterocycles. The number of aldehydes is 1. The third kappa shape index (κ3) is 1.27. The maximum Gasteiger partial charge on any atom is 0.124 e. The average Bonchev–Trinajstić information content (AvgIpc) is 2.91. The number of rotatable bonds is 3. The third-order valence-corrected chi connectivity index (χ3v) is 4.76. The second-order valence-corrected chi connectivity index (χ2v) is 5.50. The van der Waals surface area contributed by atoms with Gasteiger partial charge in [-0.2, -0.15) is 0 Å². The molecular weight excluding hydrogens is 220 g/mol. The van der Waals surface area contributed by atoms with Gasteiger partial charge in [0.15, 0.2) is 0 Å². The zero-order chi connectivity index (χ0) is 11.2. The Kier molecular flexibility index (Phi) is 2.32. The van der Waals surface area contributed by atoms with Gasteiger partial charge in [-0.3, -0.25) is 0 Å². The van der Waals surface area contributed by atoms with Crippen molar-refractivity contribution >= 4 is 17.9 Å². The Morgan fingerprint density at radius 3 is 2.56 bits per heavy atom. The fraction of sp³-hybridized carbons (Fsp3) is 0.500. The van der Waals surface area contributed by atoms with Gasteiger partial charge in [-0.25, -0.2) is 0 Å². The molecule has 2 aliphatic rings. The molecule has 2 unspecified atom stereocenters. The molecule has 0 amide bonds. The average molecular weight is 235 g/mol. The van der Waals surface area contributed by atoms with Crippen LogP contribution in [-0.4, -0.2) is 6.29 Å². The quantitative estimate of drug-likeness (QED) is 0.731. The molecule has 1 nitrogen and oxygen atoms in total. The summed E-state index contributed by atoms with van der Waals surface area (Å²) in [7, 11) is 0. The lowest BCUT2D eigenvalue weighted by molar-refractivity contribution is -0.109. The zero-order valence-electron chi connectivity index (χ0n) is 9.16. The summed E-state index contributed by atoms with van der Waals surface area (Å²) in [5.74, 6) is 0.889. The topological polar surface area (TPSA) is 17.1 Å². The molecule has 0 saturated heterocycles. The molecule has 1 aromatic carbocycles. The smallest absolute Gasteiger partial charge is 0.124 e. The van der Waals surface area contributed by atoms with Crippen molar-refractivity contribution in [3.05, 3.63) is 34.9 Å². The first-order valence-electron chi connectivity index (χ1n) is 5.99. The van der Waals surface area contributed by atoms with Crippen LogP contribution in [0.3, 0.4) is 0 Å². The number of hydrogen-bond acceptors (Lipinski definition) is 1. The van der Waals surface area contributed by atoms with Crippen LogP contribution in [0, 0.1) is 11.8 Å². The highest BCUT2D eigenvalue weighted by Gasteiger charge is 2.61. The summed E-state index contributed by atoms with van der Waals surface area (Å²) in [6, 6.07) is 8.03. The second-order valence-electron chi connectivity index (χ2n) is 5.09. The number of halogens is 1. The van der Waals surface area contributed by atoms with Crippen molar-refractivity contribution in [2.75, 3.05) is 0 Å². The van der Waals surface area contributed by atoms with Crippen molar-refractivity contribution < 1.29 is 4.79 Å². The van der Waals surface area contributed by atoms with Crippen molar-refractivity contribution in [3.63, 3.8) is 0 Å². The van der Waals surface area contributed by atoms with Gasteiger partial charge < -0.3 is 4.79 Å². The Labute approximate surface area is 101 Å². The number of benzene rings is 1. The summed E-state index contributed by atoms with van der Waals surface area (Å²) in [5, 5.41) is 0.832. The molecular formula is C14H15ClO. The number of hydrogen-bond donors (Lipinski definition) is 0. The Balaban J connectivity index is 2.01. The first-order chi connectivity index (χ1) is 7.79. The van der Waals surface area contributed by atoms with Crippen LogP contribution < -0.4 is 0 Å².